The molecule has 1 aliphatic heterocycles. The van der Waals surface area contributed by atoms with Crippen molar-refractivity contribution in [1.29, 1.82) is 0 Å². The highest BCUT2D eigenvalue weighted by molar-refractivity contribution is 7.98. The molecule has 19 heavy (non-hydrogen) atoms. The van der Waals surface area contributed by atoms with Gasteiger partial charge in [0.15, 0.2) is 0 Å². The average molecular weight is 280 g/mol. The van der Waals surface area contributed by atoms with Gasteiger partial charge in [0, 0.05) is 4.90 Å². The Balaban J connectivity index is 2.30. The fourth-order valence-corrected chi connectivity index (χ4v) is 2.59. The van der Waals surface area contributed by atoms with Crippen LogP contribution >= 0.6 is 11.8 Å². The maximum absolute atomic E-state index is 6.05. The first-order valence-corrected chi connectivity index (χ1v) is 7.61. The van der Waals surface area contributed by atoms with Crippen molar-refractivity contribution in [2.45, 2.75) is 43.8 Å². The van der Waals surface area contributed by atoms with E-state index >= 15 is 0 Å². The van der Waals surface area contributed by atoms with E-state index in [0.29, 0.717) is 0 Å². The van der Waals surface area contributed by atoms with Gasteiger partial charge in [0.25, 0.3) is 0 Å². The summed E-state index contributed by atoms with van der Waals surface area (Å²) in [5.74, 6) is 0.882. The van der Waals surface area contributed by atoms with Crippen LogP contribution in [0.3, 0.4) is 0 Å². The molecule has 1 aromatic rings. The molecular weight excluding hydrogens is 259 g/mol. The van der Waals surface area contributed by atoms with Crippen molar-refractivity contribution in [2.24, 2.45) is 0 Å². The molecule has 0 aliphatic carbocycles. The Labute approximate surface area is 120 Å². The zero-order chi connectivity index (χ0) is 14.3. The van der Waals surface area contributed by atoms with Crippen LogP contribution in [0.25, 0.3) is 0 Å². The second-order valence-corrected chi connectivity index (χ2v) is 6.55. The van der Waals surface area contributed by atoms with Crippen molar-refractivity contribution in [2.75, 3.05) is 13.4 Å². The highest BCUT2D eigenvalue weighted by atomic mass is 32.2. The summed E-state index contributed by atoms with van der Waals surface area (Å²) in [5, 5.41) is 0. The van der Waals surface area contributed by atoms with Crippen LogP contribution in [0.15, 0.2) is 23.1 Å². The summed E-state index contributed by atoms with van der Waals surface area (Å²) < 4.78 is 17.4. The van der Waals surface area contributed by atoms with Crippen LogP contribution in [-0.4, -0.2) is 31.7 Å². The molecule has 1 aromatic carbocycles. The topological polar surface area (TPSA) is 27.7 Å². The molecule has 0 bridgehead atoms. The molecule has 1 saturated heterocycles. The zero-order valence-electron chi connectivity index (χ0n) is 12.4. The SMILES string of the molecule is COc1ccc(B2OC(C)(C)C(C)(C)O2)cc1SC. The Bertz CT molecular complexity index is 458. The van der Waals surface area contributed by atoms with Crippen molar-refractivity contribution in [1.82, 2.24) is 0 Å². The standard InChI is InChI=1S/C14H21BO3S/c1-13(2)14(3,4)18-15(17-13)10-7-8-11(16-5)12(9-10)19-6/h7-9H,1-6H3. The van der Waals surface area contributed by atoms with Crippen molar-refractivity contribution in [3.8, 4) is 5.75 Å². The highest BCUT2D eigenvalue weighted by Gasteiger charge is 2.51. The van der Waals surface area contributed by atoms with Gasteiger partial charge in [-0.3, -0.25) is 0 Å². The highest BCUT2D eigenvalue weighted by Crippen LogP contribution is 2.37. The molecule has 0 amide bonds. The van der Waals surface area contributed by atoms with Gasteiger partial charge in [-0.05, 0) is 51.5 Å². The van der Waals surface area contributed by atoms with E-state index in [0.717, 1.165) is 16.1 Å². The predicted molar refractivity (Wildman–Crippen MR) is 80.5 cm³/mol. The van der Waals surface area contributed by atoms with Gasteiger partial charge in [0.05, 0.1) is 18.3 Å². The van der Waals surface area contributed by atoms with Crippen LogP contribution in [0, 0.1) is 0 Å². The summed E-state index contributed by atoms with van der Waals surface area (Å²) in [6, 6.07) is 6.04. The number of ether oxygens (including phenoxy) is 1. The van der Waals surface area contributed by atoms with Crippen molar-refractivity contribution >= 4 is 24.3 Å². The molecule has 3 nitrogen and oxygen atoms in total. The second-order valence-electron chi connectivity index (χ2n) is 5.70. The normalized spacial score (nSPS) is 20.6. The third-order valence-electron chi connectivity index (χ3n) is 3.93. The van der Waals surface area contributed by atoms with Crippen LogP contribution in [0.5, 0.6) is 5.75 Å². The Morgan fingerprint density at radius 1 is 1.11 bits per heavy atom. The third-order valence-corrected chi connectivity index (χ3v) is 4.69. The van der Waals surface area contributed by atoms with Gasteiger partial charge in [0.2, 0.25) is 0 Å². The molecule has 2 rings (SSSR count). The summed E-state index contributed by atoms with van der Waals surface area (Å²) in [5.41, 5.74) is 0.414. The Morgan fingerprint density at radius 2 is 1.68 bits per heavy atom. The molecule has 0 saturated carbocycles. The Hall–Kier alpha value is -0.645. The molecule has 104 valence electrons. The summed E-state index contributed by atoms with van der Waals surface area (Å²) >= 11 is 1.66. The van der Waals surface area contributed by atoms with Gasteiger partial charge in [0.1, 0.15) is 5.75 Å². The molecular formula is C14H21BO3S. The Kier molecular flexibility index (Phi) is 3.91. The van der Waals surface area contributed by atoms with Crippen LogP contribution in [0.4, 0.5) is 0 Å². The number of methoxy groups -OCH3 is 1. The van der Waals surface area contributed by atoms with Gasteiger partial charge < -0.3 is 14.0 Å². The number of hydrogen-bond acceptors (Lipinski definition) is 4. The van der Waals surface area contributed by atoms with E-state index in [1.54, 1.807) is 18.9 Å². The van der Waals surface area contributed by atoms with Crippen LogP contribution in [0.1, 0.15) is 27.7 Å². The van der Waals surface area contributed by atoms with E-state index < -0.39 is 0 Å². The molecule has 0 aromatic heterocycles. The summed E-state index contributed by atoms with van der Waals surface area (Å²) in [4.78, 5) is 1.09. The molecule has 0 spiro atoms. The van der Waals surface area contributed by atoms with Crippen molar-refractivity contribution in [3.05, 3.63) is 18.2 Å². The smallest absolute Gasteiger partial charge is 0.494 e. The first-order chi connectivity index (χ1) is 8.80. The summed E-state index contributed by atoms with van der Waals surface area (Å²) in [7, 11) is 1.37. The van der Waals surface area contributed by atoms with E-state index in [9.17, 15) is 0 Å². The molecule has 0 atom stereocenters. The lowest BCUT2D eigenvalue weighted by Crippen LogP contribution is -2.41. The number of hydrogen-bond donors (Lipinski definition) is 0. The predicted octanol–water partition coefficient (Wildman–Crippen LogP) is 2.72. The molecule has 0 unspecified atom stereocenters. The number of benzene rings is 1. The minimum Gasteiger partial charge on any atom is -0.496 e. The van der Waals surface area contributed by atoms with E-state index in [-0.39, 0.29) is 18.3 Å². The maximum Gasteiger partial charge on any atom is 0.494 e. The second kappa shape index (κ2) is 5.04. The summed E-state index contributed by atoms with van der Waals surface area (Å²) in [6.07, 6.45) is 2.03. The lowest BCUT2D eigenvalue weighted by atomic mass is 9.79. The molecule has 1 aliphatic rings. The van der Waals surface area contributed by atoms with E-state index in [1.165, 1.54) is 0 Å². The van der Waals surface area contributed by atoms with Crippen molar-refractivity contribution < 1.29 is 14.0 Å². The monoisotopic (exact) mass is 280 g/mol. The number of rotatable bonds is 3. The zero-order valence-corrected chi connectivity index (χ0v) is 13.3. The van der Waals surface area contributed by atoms with Gasteiger partial charge in [-0.2, -0.15) is 0 Å². The molecule has 5 heteroatoms. The Morgan fingerprint density at radius 3 is 2.16 bits per heavy atom. The van der Waals surface area contributed by atoms with Gasteiger partial charge in [-0.25, -0.2) is 0 Å². The average Bonchev–Trinajstić information content (AvgIpc) is 2.57. The lowest BCUT2D eigenvalue weighted by Gasteiger charge is -2.32. The maximum atomic E-state index is 6.05. The fraction of sp³-hybridized carbons (Fsp3) is 0.571. The third kappa shape index (κ3) is 2.64. The fourth-order valence-electron chi connectivity index (χ4n) is 1.98. The quantitative estimate of drug-likeness (QED) is 0.628. The first-order valence-electron chi connectivity index (χ1n) is 6.38. The van der Waals surface area contributed by atoms with Crippen molar-refractivity contribution in [3.63, 3.8) is 0 Å². The minimum absolute atomic E-state index is 0.308. The molecule has 1 fully saturated rings. The van der Waals surface area contributed by atoms with Crippen LogP contribution < -0.4 is 10.2 Å². The van der Waals surface area contributed by atoms with Crippen LogP contribution in [0.2, 0.25) is 0 Å². The largest absolute Gasteiger partial charge is 0.496 e. The van der Waals surface area contributed by atoms with Gasteiger partial charge in [-0.1, -0.05) is 6.07 Å². The van der Waals surface area contributed by atoms with Gasteiger partial charge >= 0.3 is 7.12 Å². The molecule has 1 heterocycles. The molecule has 0 N–H and O–H groups in total. The van der Waals surface area contributed by atoms with E-state index in [1.807, 2.05) is 18.4 Å². The van der Waals surface area contributed by atoms with E-state index in [2.05, 4.69) is 33.8 Å². The van der Waals surface area contributed by atoms with E-state index in [4.69, 9.17) is 14.0 Å². The van der Waals surface area contributed by atoms with Crippen LogP contribution in [-0.2, 0) is 9.31 Å². The molecule has 0 radical (unpaired) electrons. The van der Waals surface area contributed by atoms with Gasteiger partial charge in [-0.15, -0.1) is 11.8 Å². The summed E-state index contributed by atoms with van der Waals surface area (Å²) in [6.45, 7) is 8.25. The minimum atomic E-state index is -0.318. The number of thioether (sulfide) groups is 1. The lowest BCUT2D eigenvalue weighted by molar-refractivity contribution is 0.00578. The first kappa shape index (κ1) is 14.8.